The number of fused-ring (bicyclic) bond motifs is 1. The molecule has 2 amide bonds. The van der Waals surface area contributed by atoms with Crippen LogP contribution in [0.3, 0.4) is 0 Å². The van der Waals surface area contributed by atoms with Crippen molar-refractivity contribution in [3.63, 3.8) is 0 Å². The van der Waals surface area contributed by atoms with E-state index in [0.29, 0.717) is 34.2 Å². The van der Waals surface area contributed by atoms with E-state index in [-0.39, 0.29) is 30.4 Å². The standard InChI is InChI=1S/C24H21FN2O5/c1-30-19-8-5-9-20(31-2)23(19)24(29)26-16-10-11-18-21(12-16)32-14-22(28)27(18)13-15-6-3-4-7-17(15)25/h3-12H,13-14H2,1-2H3,(H,26,29). The predicted molar refractivity (Wildman–Crippen MR) is 117 cm³/mol. The van der Waals surface area contributed by atoms with Crippen molar-refractivity contribution in [2.24, 2.45) is 0 Å². The molecular formula is C24H21FN2O5. The summed E-state index contributed by atoms with van der Waals surface area (Å²) in [4.78, 5) is 26.8. The zero-order valence-corrected chi connectivity index (χ0v) is 17.6. The molecule has 8 heteroatoms. The van der Waals surface area contributed by atoms with Crippen LogP contribution in [0.1, 0.15) is 15.9 Å². The smallest absolute Gasteiger partial charge is 0.265 e. The Hall–Kier alpha value is -4.07. The van der Waals surface area contributed by atoms with Gasteiger partial charge in [0.2, 0.25) is 0 Å². The molecule has 7 nitrogen and oxygen atoms in total. The Bertz CT molecular complexity index is 1160. The first kappa shape index (κ1) is 21.2. The number of amides is 2. The Morgan fingerprint density at radius 3 is 2.47 bits per heavy atom. The van der Waals surface area contributed by atoms with Gasteiger partial charge < -0.3 is 24.4 Å². The Kier molecular flexibility index (Phi) is 5.93. The SMILES string of the molecule is COc1cccc(OC)c1C(=O)Nc1ccc2c(c1)OCC(=O)N2Cc1ccccc1F. The molecule has 0 fully saturated rings. The first-order valence-electron chi connectivity index (χ1n) is 9.84. The Balaban J connectivity index is 1.60. The van der Waals surface area contributed by atoms with Crippen LogP contribution in [0.2, 0.25) is 0 Å². The second-order valence-electron chi connectivity index (χ2n) is 7.03. The summed E-state index contributed by atoms with van der Waals surface area (Å²) in [5, 5.41) is 2.80. The number of benzene rings is 3. The molecule has 1 aliphatic rings. The molecule has 1 N–H and O–H groups in total. The van der Waals surface area contributed by atoms with Gasteiger partial charge >= 0.3 is 0 Å². The summed E-state index contributed by atoms with van der Waals surface area (Å²) in [5.74, 6) is 0.0646. The third-order valence-electron chi connectivity index (χ3n) is 5.10. The molecule has 4 rings (SSSR count). The lowest BCUT2D eigenvalue weighted by Crippen LogP contribution is -2.38. The van der Waals surface area contributed by atoms with Crippen molar-refractivity contribution in [2.75, 3.05) is 31.0 Å². The van der Waals surface area contributed by atoms with Crippen molar-refractivity contribution < 1.29 is 28.2 Å². The number of carbonyl (C=O) groups excluding carboxylic acids is 2. The molecule has 0 radical (unpaired) electrons. The number of ether oxygens (including phenoxy) is 3. The largest absolute Gasteiger partial charge is 0.496 e. The molecule has 0 bridgehead atoms. The number of rotatable bonds is 6. The Morgan fingerprint density at radius 1 is 1.06 bits per heavy atom. The summed E-state index contributed by atoms with van der Waals surface area (Å²) < 4.78 is 30.2. The average molecular weight is 436 g/mol. The van der Waals surface area contributed by atoms with Gasteiger partial charge in [-0.15, -0.1) is 0 Å². The van der Waals surface area contributed by atoms with E-state index in [1.165, 1.54) is 25.2 Å². The van der Waals surface area contributed by atoms with Gasteiger partial charge in [-0.3, -0.25) is 9.59 Å². The highest BCUT2D eigenvalue weighted by Gasteiger charge is 2.27. The minimum absolute atomic E-state index is 0.0754. The number of anilines is 2. The molecule has 3 aromatic carbocycles. The molecule has 32 heavy (non-hydrogen) atoms. The summed E-state index contributed by atoms with van der Waals surface area (Å²) in [6.45, 7) is -0.106. The molecule has 0 saturated heterocycles. The van der Waals surface area contributed by atoms with Crippen molar-refractivity contribution in [1.82, 2.24) is 0 Å². The van der Waals surface area contributed by atoms with E-state index in [1.807, 2.05) is 0 Å². The van der Waals surface area contributed by atoms with E-state index in [2.05, 4.69) is 5.32 Å². The minimum Gasteiger partial charge on any atom is -0.496 e. The van der Waals surface area contributed by atoms with Crippen LogP contribution in [0.25, 0.3) is 0 Å². The molecule has 3 aromatic rings. The minimum atomic E-state index is -0.422. The van der Waals surface area contributed by atoms with Crippen LogP contribution >= 0.6 is 0 Å². The van der Waals surface area contributed by atoms with Crippen LogP contribution in [0.15, 0.2) is 60.7 Å². The van der Waals surface area contributed by atoms with Gasteiger partial charge in [-0.2, -0.15) is 0 Å². The van der Waals surface area contributed by atoms with Crippen LogP contribution < -0.4 is 24.4 Å². The summed E-state index contributed by atoms with van der Waals surface area (Å²) in [7, 11) is 2.94. The molecule has 164 valence electrons. The fourth-order valence-corrected chi connectivity index (χ4v) is 3.52. The molecule has 0 saturated carbocycles. The molecule has 0 aliphatic carbocycles. The second-order valence-corrected chi connectivity index (χ2v) is 7.03. The highest BCUT2D eigenvalue weighted by atomic mass is 19.1. The van der Waals surface area contributed by atoms with Crippen molar-refractivity contribution in [3.8, 4) is 17.2 Å². The van der Waals surface area contributed by atoms with Crippen LogP contribution in [0.5, 0.6) is 17.2 Å². The lowest BCUT2D eigenvalue weighted by molar-refractivity contribution is -0.121. The van der Waals surface area contributed by atoms with E-state index >= 15 is 0 Å². The molecule has 1 heterocycles. The number of nitrogens with one attached hydrogen (secondary N) is 1. The third kappa shape index (κ3) is 4.07. The van der Waals surface area contributed by atoms with Gasteiger partial charge in [-0.05, 0) is 30.3 Å². The number of hydrogen-bond donors (Lipinski definition) is 1. The van der Waals surface area contributed by atoms with Crippen molar-refractivity contribution in [3.05, 3.63) is 77.6 Å². The first-order chi connectivity index (χ1) is 15.5. The van der Waals surface area contributed by atoms with Crippen molar-refractivity contribution in [1.29, 1.82) is 0 Å². The highest BCUT2D eigenvalue weighted by Crippen LogP contribution is 2.36. The lowest BCUT2D eigenvalue weighted by atomic mass is 10.1. The van der Waals surface area contributed by atoms with E-state index in [1.54, 1.807) is 54.6 Å². The van der Waals surface area contributed by atoms with Gasteiger partial charge in [0, 0.05) is 17.3 Å². The quantitative estimate of drug-likeness (QED) is 0.632. The summed E-state index contributed by atoms with van der Waals surface area (Å²) in [6, 6.07) is 16.3. The van der Waals surface area contributed by atoms with E-state index < -0.39 is 5.91 Å². The van der Waals surface area contributed by atoms with Gasteiger partial charge in [0.05, 0.1) is 26.5 Å². The lowest BCUT2D eigenvalue weighted by Gasteiger charge is -2.30. The van der Waals surface area contributed by atoms with Crippen LogP contribution in [0, 0.1) is 5.82 Å². The number of nitrogens with zero attached hydrogens (tertiary/aromatic N) is 1. The Labute approximate surface area is 184 Å². The van der Waals surface area contributed by atoms with E-state index in [9.17, 15) is 14.0 Å². The van der Waals surface area contributed by atoms with Gasteiger partial charge in [0.15, 0.2) is 6.61 Å². The summed E-state index contributed by atoms with van der Waals surface area (Å²) in [6.07, 6.45) is 0. The molecular weight excluding hydrogens is 415 g/mol. The number of hydrogen-bond acceptors (Lipinski definition) is 5. The first-order valence-corrected chi connectivity index (χ1v) is 9.84. The summed E-state index contributed by atoms with van der Waals surface area (Å²) >= 11 is 0. The predicted octanol–water partition coefficient (Wildman–Crippen LogP) is 4.02. The average Bonchev–Trinajstić information content (AvgIpc) is 2.81. The topological polar surface area (TPSA) is 77.1 Å². The van der Waals surface area contributed by atoms with Crippen LogP contribution in [0.4, 0.5) is 15.8 Å². The molecule has 0 unspecified atom stereocenters. The molecule has 0 aromatic heterocycles. The second kappa shape index (κ2) is 8.97. The normalized spacial score (nSPS) is 12.6. The number of halogens is 1. The highest BCUT2D eigenvalue weighted by molar-refractivity contribution is 6.08. The maximum absolute atomic E-state index is 14.1. The zero-order valence-electron chi connectivity index (χ0n) is 17.6. The number of methoxy groups -OCH3 is 2. The van der Waals surface area contributed by atoms with Crippen molar-refractivity contribution >= 4 is 23.2 Å². The van der Waals surface area contributed by atoms with Gasteiger partial charge in [0.25, 0.3) is 11.8 Å². The van der Waals surface area contributed by atoms with E-state index in [4.69, 9.17) is 14.2 Å². The number of carbonyl (C=O) groups is 2. The molecule has 0 atom stereocenters. The van der Waals surface area contributed by atoms with E-state index in [0.717, 1.165) is 0 Å². The van der Waals surface area contributed by atoms with Gasteiger partial charge in [-0.25, -0.2) is 4.39 Å². The maximum atomic E-state index is 14.1. The summed E-state index contributed by atoms with van der Waals surface area (Å²) in [5.41, 5.74) is 1.61. The van der Waals surface area contributed by atoms with Crippen molar-refractivity contribution in [2.45, 2.75) is 6.54 Å². The molecule has 0 spiro atoms. The van der Waals surface area contributed by atoms with Crippen LogP contribution in [-0.2, 0) is 11.3 Å². The fraction of sp³-hybridized carbons (Fsp3) is 0.167. The third-order valence-corrected chi connectivity index (χ3v) is 5.10. The molecule has 1 aliphatic heterocycles. The zero-order chi connectivity index (χ0) is 22.7. The van der Waals surface area contributed by atoms with Crippen LogP contribution in [-0.4, -0.2) is 32.6 Å². The monoisotopic (exact) mass is 436 g/mol. The maximum Gasteiger partial charge on any atom is 0.265 e. The fourth-order valence-electron chi connectivity index (χ4n) is 3.52. The van der Waals surface area contributed by atoms with Gasteiger partial charge in [-0.1, -0.05) is 24.3 Å². The van der Waals surface area contributed by atoms with Gasteiger partial charge in [0.1, 0.15) is 28.6 Å². The Morgan fingerprint density at radius 2 is 1.78 bits per heavy atom.